The number of anilines is 2. The normalized spacial score (nSPS) is 20.0. The molecule has 0 saturated carbocycles. The van der Waals surface area contributed by atoms with Crippen LogP contribution in [0, 0.1) is 11.7 Å². The first-order valence-corrected chi connectivity index (χ1v) is 9.77. The Morgan fingerprint density at radius 3 is 2.14 bits per heavy atom. The summed E-state index contributed by atoms with van der Waals surface area (Å²) >= 11 is 5.91. The number of carbonyl (C=O) groups is 2. The van der Waals surface area contributed by atoms with Gasteiger partial charge in [0.2, 0.25) is 11.8 Å². The van der Waals surface area contributed by atoms with E-state index in [1.165, 1.54) is 12.1 Å². The van der Waals surface area contributed by atoms with Gasteiger partial charge in [-0.15, -0.1) is 0 Å². The van der Waals surface area contributed by atoms with Crippen LogP contribution in [0.15, 0.2) is 48.5 Å². The first-order chi connectivity index (χ1) is 13.5. The average molecular weight is 402 g/mol. The van der Waals surface area contributed by atoms with Gasteiger partial charge in [0, 0.05) is 49.1 Å². The van der Waals surface area contributed by atoms with Crippen LogP contribution in [0.4, 0.5) is 15.8 Å². The lowest BCUT2D eigenvalue weighted by molar-refractivity contribution is -0.140. The van der Waals surface area contributed by atoms with Crippen molar-refractivity contribution in [2.75, 3.05) is 42.5 Å². The monoisotopic (exact) mass is 401 g/mol. The number of halogens is 2. The van der Waals surface area contributed by atoms with Gasteiger partial charge in [0.25, 0.3) is 0 Å². The number of hydrogen-bond acceptors (Lipinski definition) is 3. The molecule has 146 valence electrons. The standard InChI is InChI=1S/C21H21ClFN3O2/c22-15-1-5-18(6-2-15)26-10-9-19(21(26)28)20(27)25-13-11-24(12-14-25)17-7-3-16(23)4-8-17/h1-8,19H,9-14H2/t19-/m0/s1. The Balaban J connectivity index is 1.37. The first kappa shape index (κ1) is 18.7. The molecule has 0 spiro atoms. The number of carbonyl (C=O) groups excluding carboxylic acids is 2. The summed E-state index contributed by atoms with van der Waals surface area (Å²) in [5.74, 6) is -1.12. The highest BCUT2D eigenvalue weighted by Gasteiger charge is 2.40. The second-order valence-electron chi connectivity index (χ2n) is 7.10. The van der Waals surface area contributed by atoms with Gasteiger partial charge in [-0.25, -0.2) is 4.39 Å². The molecular formula is C21H21ClFN3O2. The van der Waals surface area contributed by atoms with E-state index in [4.69, 9.17) is 11.6 Å². The van der Waals surface area contributed by atoms with E-state index < -0.39 is 5.92 Å². The molecule has 2 aliphatic rings. The van der Waals surface area contributed by atoms with Crippen molar-refractivity contribution in [3.63, 3.8) is 0 Å². The van der Waals surface area contributed by atoms with Crippen LogP contribution in [0.25, 0.3) is 0 Å². The van der Waals surface area contributed by atoms with Crippen molar-refractivity contribution in [2.45, 2.75) is 6.42 Å². The van der Waals surface area contributed by atoms with E-state index in [1.54, 1.807) is 46.2 Å². The minimum atomic E-state index is -0.618. The maximum atomic E-state index is 13.1. The number of piperazine rings is 1. The van der Waals surface area contributed by atoms with Crippen molar-refractivity contribution in [1.82, 2.24) is 4.90 Å². The lowest BCUT2D eigenvalue weighted by Crippen LogP contribution is -2.51. The number of rotatable bonds is 3. The quantitative estimate of drug-likeness (QED) is 0.742. The van der Waals surface area contributed by atoms with Gasteiger partial charge in [0.1, 0.15) is 11.7 Å². The fourth-order valence-electron chi connectivity index (χ4n) is 3.84. The molecule has 2 fully saturated rings. The second-order valence-corrected chi connectivity index (χ2v) is 7.53. The zero-order chi connectivity index (χ0) is 19.7. The molecule has 2 heterocycles. The number of benzene rings is 2. The fraction of sp³-hybridized carbons (Fsp3) is 0.333. The zero-order valence-corrected chi connectivity index (χ0v) is 16.1. The second kappa shape index (κ2) is 7.80. The van der Waals surface area contributed by atoms with E-state index in [0.717, 1.165) is 11.4 Å². The summed E-state index contributed by atoms with van der Waals surface area (Å²) in [4.78, 5) is 31.3. The first-order valence-electron chi connectivity index (χ1n) is 9.39. The highest BCUT2D eigenvalue weighted by molar-refractivity contribution is 6.30. The van der Waals surface area contributed by atoms with E-state index in [0.29, 0.717) is 44.2 Å². The molecule has 2 aromatic rings. The topological polar surface area (TPSA) is 43.9 Å². The third-order valence-corrected chi connectivity index (χ3v) is 5.68. The van der Waals surface area contributed by atoms with Gasteiger partial charge in [-0.1, -0.05) is 11.6 Å². The Hall–Kier alpha value is -2.60. The molecule has 1 atom stereocenters. The van der Waals surface area contributed by atoms with Crippen molar-refractivity contribution >= 4 is 34.8 Å². The molecule has 2 saturated heterocycles. The summed E-state index contributed by atoms with van der Waals surface area (Å²) in [6.07, 6.45) is 0.526. The van der Waals surface area contributed by atoms with Gasteiger partial charge in [0.15, 0.2) is 0 Å². The van der Waals surface area contributed by atoms with Crippen LogP contribution in [0.5, 0.6) is 0 Å². The lowest BCUT2D eigenvalue weighted by atomic mass is 10.1. The van der Waals surface area contributed by atoms with Crippen LogP contribution in [0.1, 0.15) is 6.42 Å². The van der Waals surface area contributed by atoms with E-state index in [9.17, 15) is 14.0 Å². The van der Waals surface area contributed by atoms with E-state index in [-0.39, 0.29) is 17.6 Å². The summed E-state index contributed by atoms with van der Waals surface area (Å²) in [5, 5.41) is 0.613. The predicted molar refractivity (Wildman–Crippen MR) is 107 cm³/mol. The van der Waals surface area contributed by atoms with Crippen LogP contribution in [-0.2, 0) is 9.59 Å². The molecule has 4 rings (SSSR count). The summed E-state index contributed by atoms with van der Waals surface area (Å²) in [5.41, 5.74) is 1.71. The number of hydrogen-bond donors (Lipinski definition) is 0. The van der Waals surface area contributed by atoms with Crippen LogP contribution in [0.2, 0.25) is 5.02 Å². The van der Waals surface area contributed by atoms with Crippen molar-refractivity contribution < 1.29 is 14.0 Å². The molecule has 2 aliphatic heterocycles. The molecule has 28 heavy (non-hydrogen) atoms. The summed E-state index contributed by atoms with van der Waals surface area (Å²) in [6.45, 7) is 2.98. The van der Waals surface area contributed by atoms with Crippen molar-refractivity contribution in [2.24, 2.45) is 5.92 Å². The molecule has 0 N–H and O–H groups in total. The Labute approximate surface area is 168 Å². The highest BCUT2D eigenvalue weighted by atomic mass is 35.5. The summed E-state index contributed by atoms with van der Waals surface area (Å²) < 4.78 is 13.1. The Kier molecular flexibility index (Phi) is 5.22. The Morgan fingerprint density at radius 1 is 0.893 bits per heavy atom. The minimum absolute atomic E-state index is 0.0970. The van der Waals surface area contributed by atoms with Gasteiger partial charge in [-0.05, 0) is 55.0 Å². The molecule has 0 radical (unpaired) electrons. The van der Waals surface area contributed by atoms with Crippen LogP contribution >= 0.6 is 11.6 Å². The van der Waals surface area contributed by atoms with Gasteiger partial charge in [-0.2, -0.15) is 0 Å². The molecule has 0 aromatic heterocycles. The van der Waals surface area contributed by atoms with Crippen LogP contribution in [0.3, 0.4) is 0 Å². The van der Waals surface area contributed by atoms with E-state index in [2.05, 4.69) is 4.90 Å². The smallest absolute Gasteiger partial charge is 0.239 e. The molecule has 2 aromatic carbocycles. The Morgan fingerprint density at radius 2 is 1.50 bits per heavy atom. The van der Waals surface area contributed by atoms with E-state index in [1.807, 2.05) is 0 Å². The van der Waals surface area contributed by atoms with Crippen molar-refractivity contribution in [3.05, 3.63) is 59.4 Å². The molecule has 0 unspecified atom stereocenters. The van der Waals surface area contributed by atoms with Crippen molar-refractivity contribution in [1.29, 1.82) is 0 Å². The molecule has 0 aliphatic carbocycles. The van der Waals surface area contributed by atoms with E-state index >= 15 is 0 Å². The van der Waals surface area contributed by atoms with Crippen molar-refractivity contribution in [3.8, 4) is 0 Å². The fourth-order valence-corrected chi connectivity index (χ4v) is 3.97. The molecule has 5 nitrogen and oxygen atoms in total. The molecule has 7 heteroatoms. The predicted octanol–water partition coefficient (Wildman–Crippen LogP) is 3.18. The third-order valence-electron chi connectivity index (χ3n) is 5.43. The van der Waals surface area contributed by atoms with Gasteiger partial charge in [-0.3, -0.25) is 9.59 Å². The summed E-state index contributed by atoms with van der Waals surface area (Å²) in [6, 6.07) is 13.5. The lowest BCUT2D eigenvalue weighted by Gasteiger charge is -2.37. The maximum absolute atomic E-state index is 13.1. The molecule has 2 amide bonds. The summed E-state index contributed by atoms with van der Waals surface area (Å²) in [7, 11) is 0. The SMILES string of the molecule is O=C([C@@H]1CCN(c2ccc(Cl)cc2)C1=O)N1CCN(c2ccc(F)cc2)CC1. The number of nitrogens with zero attached hydrogens (tertiary/aromatic N) is 3. The van der Waals surface area contributed by atoms with Gasteiger partial charge in [0.05, 0.1) is 0 Å². The van der Waals surface area contributed by atoms with Crippen LogP contribution in [-0.4, -0.2) is 49.4 Å². The van der Waals surface area contributed by atoms with Gasteiger partial charge < -0.3 is 14.7 Å². The largest absolute Gasteiger partial charge is 0.368 e. The third kappa shape index (κ3) is 3.69. The van der Waals surface area contributed by atoms with Gasteiger partial charge >= 0.3 is 0 Å². The molecular weight excluding hydrogens is 381 g/mol. The van der Waals surface area contributed by atoms with Crippen LogP contribution < -0.4 is 9.80 Å². The number of amides is 2. The zero-order valence-electron chi connectivity index (χ0n) is 15.4. The minimum Gasteiger partial charge on any atom is -0.368 e. The highest BCUT2D eigenvalue weighted by Crippen LogP contribution is 2.28. The average Bonchev–Trinajstić information content (AvgIpc) is 3.10. The molecule has 0 bridgehead atoms. The maximum Gasteiger partial charge on any atom is 0.239 e. The Bertz CT molecular complexity index is 864.